The number of nitrogens with one attached hydrogen (secondary N) is 1. The van der Waals surface area contributed by atoms with Gasteiger partial charge in [0.15, 0.2) is 0 Å². The molecule has 0 atom stereocenters. The maximum Gasteiger partial charge on any atom is 0.252 e. The van der Waals surface area contributed by atoms with Crippen molar-refractivity contribution in [2.45, 2.75) is 30.5 Å². The first-order valence-electron chi connectivity index (χ1n) is 8.15. The molecule has 0 radical (unpaired) electrons. The van der Waals surface area contributed by atoms with Crippen LogP contribution in [0.2, 0.25) is 0 Å². The van der Waals surface area contributed by atoms with Crippen LogP contribution in [0.5, 0.6) is 0 Å². The van der Waals surface area contributed by atoms with Crippen molar-refractivity contribution in [1.82, 2.24) is 15.5 Å². The Morgan fingerprint density at radius 3 is 2.81 bits per heavy atom. The lowest BCUT2D eigenvalue weighted by Crippen LogP contribution is -2.23. The summed E-state index contributed by atoms with van der Waals surface area (Å²) in [5.74, 6) is 0.699. The predicted octanol–water partition coefficient (Wildman–Crippen LogP) is 4.93. The molecule has 7 heteroatoms. The molecule has 0 aliphatic carbocycles. The van der Waals surface area contributed by atoms with E-state index >= 15 is 0 Å². The van der Waals surface area contributed by atoms with Crippen LogP contribution in [0.3, 0.4) is 0 Å². The Morgan fingerprint density at radius 2 is 2.04 bits per heavy atom. The summed E-state index contributed by atoms with van der Waals surface area (Å²) in [7, 11) is 0. The number of rotatable bonds is 6. The zero-order valence-electron chi connectivity index (χ0n) is 14.4. The first kappa shape index (κ1) is 18.7. The molecule has 134 valence electrons. The summed E-state index contributed by atoms with van der Waals surface area (Å²) < 4.78 is 6.18. The minimum Gasteiger partial charge on any atom is -0.343 e. The quantitative estimate of drug-likeness (QED) is 0.560. The second-order valence-corrected chi connectivity index (χ2v) is 8.40. The van der Waals surface area contributed by atoms with Gasteiger partial charge in [0.25, 0.3) is 5.91 Å². The van der Waals surface area contributed by atoms with E-state index in [1.807, 2.05) is 48.5 Å². The van der Waals surface area contributed by atoms with Gasteiger partial charge in [0, 0.05) is 20.2 Å². The van der Waals surface area contributed by atoms with Crippen molar-refractivity contribution in [3.8, 4) is 11.4 Å². The average molecular weight is 432 g/mol. The van der Waals surface area contributed by atoms with Gasteiger partial charge in [-0.3, -0.25) is 4.79 Å². The van der Waals surface area contributed by atoms with Gasteiger partial charge in [0.2, 0.25) is 11.7 Å². The van der Waals surface area contributed by atoms with Crippen LogP contribution in [-0.4, -0.2) is 21.3 Å². The third-order valence-electron chi connectivity index (χ3n) is 3.45. The molecule has 26 heavy (non-hydrogen) atoms. The van der Waals surface area contributed by atoms with Crippen LogP contribution in [-0.2, 0) is 6.54 Å². The van der Waals surface area contributed by atoms with Crippen molar-refractivity contribution in [1.29, 1.82) is 0 Å². The predicted molar refractivity (Wildman–Crippen MR) is 106 cm³/mol. The van der Waals surface area contributed by atoms with Crippen molar-refractivity contribution in [2.75, 3.05) is 0 Å². The largest absolute Gasteiger partial charge is 0.343 e. The molecule has 0 aliphatic rings. The van der Waals surface area contributed by atoms with E-state index in [1.54, 1.807) is 11.8 Å². The third-order valence-corrected chi connectivity index (χ3v) is 5.02. The topological polar surface area (TPSA) is 68.0 Å². The minimum atomic E-state index is -0.157. The first-order valence-corrected chi connectivity index (χ1v) is 9.82. The number of hydrogen-bond donors (Lipinski definition) is 1. The highest BCUT2D eigenvalue weighted by molar-refractivity contribution is 9.10. The van der Waals surface area contributed by atoms with Crippen LogP contribution >= 0.6 is 27.7 Å². The number of thioether (sulfide) groups is 1. The Bertz CT molecular complexity index is 911. The Hall–Kier alpha value is -2.12. The van der Waals surface area contributed by atoms with Crippen LogP contribution in [0.15, 0.2) is 62.4 Å². The Morgan fingerprint density at radius 1 is 1.23 bits per heavy atom. The molecule has 0 saturated heterocycles. The van der Waals surface area contributed by atoms with E-state index in [0.717, 1.165) is 14.9 Å². The Kier molecular flexibility index (Phi) is 6.11. The van der Waals surface area contributed by atoms with Crippen LogP contribution in [0.1, 0.15) is 30.1 Å². The SMILES string of the molecule is CC(C)Sc1ccccc1C(=O)NCc1nc(-c2cccc(Br)c2)no1. The second-order valence-electron chi connectivity index (χ2n) is 5.87. The smallest absolute Gasteiger partial charge is 0.252 e. The molecule has 2 aromatic carbocycles. The van der Waals surface area contributed by atoms with Gasteiger partial charge in [-0.2, -0.15) is 4.98 Å². The van der Waals surface area contributed by atoms with Crippen molar-refractivity contribution in [3.63, 3.8) is 0 Å². The van der Waals surface area contributed by atoms with Gasteiger partial charge in [-0.15, -0.1) is 11.8 Å². The van der Waals surface area contributed by atoms with Gasteiger partial charge in [-0.05, 0) is 24.3 Å². The van der Waals surface area contributed by atoms with E-state index in [2.05, 4.69) is 45.2 Å². The van der Waals surface area contributed by atoms with E-state index < -0.39 is 0 Å². The molecule has 1 heterocycles. The summed E-state index contributed by atoms with van der Waals surface area (Å²) in [6.45, 7) is 4.38. The summed E-state index contributed by atoms with van der Waals surface area (Å²) in [5, 5.41) is 7.22. The van der Waals surface area contributed by atoms with Crippen LogP contribution in [0, 0.1) is 0 Å². The van der Waals surface area contributed by atoms with Gasteiger partial charge in [-0.25, -0.2) is 0 Å². The van der Waals surface area contributed by atoms with Crippen LogP contribution in [0.4, 0.5) is 0 Å². The molecular weight excluding hydrogens is 414 g/mol. The summed E-state index contributed by atoms with van der Waals surface area (Å²) in [6, 6.07) is 15.2. The number of carbonyl (C=O) groups excluding carboxylic acids is 1. The molecule has 0 fully saturated rings. The van der Waals surface area contributed by atoms with Crippen molar-refractivity contribution in [2.24, 2.45) is 0 Å². The van der Waals surface area contributed by atoms with Crippen molar-refractivity contribution < 1.29 is 9.32 Å². The average Bonchev–Trinajstić information content (AvgIpc) is 3.09. The lowest BCUT2D eigenvalue weighted by atomic mass is 10.2. The molecule has 1 amide bonds. The number of hydrogen-bond acceptors (Lipinski definition) is 5. The van der Waals surface area contributed by atoms with Gasteiger partial charge >= 0.3 is 0 Å². The Balaban J connectivity index is 1.67. The standard InChI is InChI=1S/C19H18BrN3O2S/c1-12(2)26-16-9-4-3-8-15(16)19(24)21-11-17-22-18(23-25-17)13-6-5-7-14(20)10-13/h3-10,12H,11H2,1-2H3,(H,21,24). The monoisotopic (exact) mass is 431 g/mol. The summed E-state index contributed by atoms with van der Waals surface area (Å²) >= 11 is 5.08. The molecule has 0 saturated carbocycles. The molecule has 3 rings (SSSR count). The lowest BCUT2D eigenvalue weighted by Gasteiger charge is -2.10. The maximum atomic E-state index is 12.5. The van der Waals surface area contributed by atoms with Crippen LogP contribution in [0.25, 0.3) is 11.4 Å². The van der Waals surface area contributed by atoms with E-state index in [0.29, 0.717) is 22.5 Å². The second kappa shape index (κ2) is 8.51. The number of benzene rings is 2. The van der Waals surface area contributed by atoms with Crippen molar-refractivity contribution in [3.05, 3.63) is 64.5 Å². The maximum absolute atomic E-state index is 12.5. The van der Waals surface area contributed by atoms with Gasteiger partial charge in [-0.1, -0.05) is 59.2 Å². The lowest BCUT2D eigenvalue weighted by molar-refractivity contribution is 0.0943. The van der Waals surface area contributed by atoms with Gasteiger partial charge in [0.05, 0.1) is 12.1 Å². The summed E-state index contributed by atoms with van der Waals surface area (Å²) in [5.41, 5.74) is 1.50. The van der Waals surface area contributed by atoms with Gasteiger partial charge in [0.1, 0.15) is 0 Å². The molecule has 5 nitrogen and oxygen atoms in total. The number of aromatic nitrogens is 2. The molecular formula is C19H18BrN3O2S. The van der Waals surface area contributed by atoms with Crippen LogP contribution < -0.4 is 5.32 Å². The molecule has 0 unspecified atom stereocenters. The Labute approximate surface area is 164 Å². The molecule has 1 N–H and O–H groups in total. The highest BCUT2D eigenvalue weighted by Gasteiger charge is 2.14. The number of amides is 1. The van der Waals surface area contributed by atoms with Crippen molar-refractivity contribution >= 4 is 33.6 Å². The zero-order valence-corrected chi connectivity index (χ0v) is 16.8. The summed E-state index contributed by atoms with van der Waals surface area (Å²) in [4.78, 5) is 17.8. The normalized spacial score (nSPS) is 10.9. The molecule has 0 aliphatic heterocycles. The molecule has 1 aromatic heterocycles. The fraction of sp³-hybridized carbons (Fsp3) is 0.211. The zero-order chi connectivity index (χ0) is 18.5. The molecule has 0 bridgehead atoms. The highest BCUT2D eigenvalue weighted by atomic mass is 79.9. The van der Waals surface area contributed by atoms with Gasteiger partial charge < -0.3 is 9.84 Å². The summed E-state index contributed by atoms with van der Waals surface area (Å²) in [6.07, 6.45) is 0. The number of halogens is 1. The van der Waals surface area contributed by atoms with E-state index in [4.69, 9.17) is 4.52 Å². The number of carbonyl (C=O) groups is 1. The molecule has 3 aromatic rings. The third kappa shape index (κ3) is 4.74. The van der Waals surface area contributed by atoms with E-state index in [9.17, 15) is 4.79 Å². The number of nitrogens with zero attached hydrogens (tertiary/aromatic N) is 2. The van der Waals surface area contributed by atoms with E-state index in [1.165, 1.54) is 0 Å². The minimum absolute atomic E-state index is 0.157. The fourth-order valence-electron chi connectivity index (χ4n) is 2.33. The highest BCUT2D eigenvalue weighted by Crippen LogP contribution is 2.26. The fourth-order valence-corrected chi connectivity index (χ4v) is 3.69. The first-order chi connectivity index (χ1) is 12.5. The van der Waals surface area contributed by atoms with E-state index in [-0.39, 0.29) is 12.5 Å². The molecule has 0 spiro atoms.